The number of ether oxygens (including phenoxy) is 2. The van der Waals surface area contributed by atoms with Crippen LogP contribution in [0.3, 0.4) is 0 Å². The highest BCUT2D eigenvalue weighted by Crippen LogP contribution is 2.35. The minimum Gasteiger partial charge on any atom is -0.461 e. The van der Waals surface area contributed by atoms with E-state index in [0.717, 1.165) is 67.3 Å². The second-order valence-corrected chi connectivity index (χ2v) is 11.4. The van der Waals surface area contributed by atoms with Gasteiger partial charge in [0.2, 0.25) is 0 Å². The Morgan fingerprint density at radius 3 is 2.50 bits per heavy atom. The third kappa shape index (κ3) is 6.59. The number of esters is 1. The number of carbonyl (C=O) groups excluding carboxylic acids is 1. The van der Waals surface area contributed by atoms with Crippen LogP contribution in [0.4, 0.5) is 22.9 Å². The Balaban J connectivity index is 1.57. The van der Waals surface area contributed by atoms with E-state index in [0.29, 0.717) is 23.1 Å². The van der Waals surface area contributed by atoms with Crippen molar-refractivity contribution in [2.45, 2.75) is 52.5 Å². The third-order valence-electron chi connectivity index (χ3n) is 8.25. The first kappa shape index (κ1) is 29.6. The molecule has 2 saturated heterocycles. The van der Waals surface area contributed by atoms with E-state index in [9.17, 15) is 4.79 Å². The molecule has 2 aliphatic rings. The van der Waals surface area contributed by atoms with E-state index in [1.165, 1.54) is 12.8 Å². The summed E-state index contributed by atoms with van der Waals surface area (Å²) in [5, 5.41) is 12.6. The van der Waals surface area contributed by atoms with Crippen LogP contribution in [0.15, 0.2) is 54.6 Å². The number of hydrogen-bond acceptors (Lipinski definition) is 8. The van der Waals surface area contributed by atoms with Crippen molar-refractivity contribution in [1.29, 1.82) is 5.41 Å². The van der Waals surface area contributed by atoms with Gasteiger partial charge in [0.1, 0.15) is 5.82 Å². The van der Waals surface area contributed by atoms with Crippen LogP contribution >= 0.6 is 0 Å². The molecule has 0 atom stereocenters. The summed E-state index contributed by atoms with van der Waals surface area (Å²) in [5.74, 6) is -0.0447. The first-order valence-corrected chi connectivity index (χ1v) is 15.2. The molecule has 0 saturated carbocycles. The van der Waals surface area contributed by atoms with Gasteiger partial charge in [0.05, 0.1) is 6.61 Å². The zero-order valence-electron chi connectivity index (χ0n) is 25.3. The lowest BCUT2D eigenvalue weighted by molar-refractivity contribution is 0.0519. The second-order valence-electron chi connectivity index (χ2n) is 11.4. The molecule has 42 heavy (non-hydrogen) atoms. The number of rotatable bonds is 10. The highest BCUT2D eigenvalue weighted by molar-refractivity contribution is 6.10. The molecule has 1 aromatic heterocycles. The molecule has 3 heterocycles. The number of aromatic nitrogens is 1. The van der Waals surface area contributed by atoms with Crippen molar-refractivity contribution in [2.24, 2.45) is 5.92 Å². The molecule has 0 aliphatic carbocycles. The molecule has 0 amide bonds. The van der Waals surface area contributed by atoms with Gasteiger partial charge in [-0.3, -0.25) is 0 Å². The van der Waals surface area contributed by atoms with Gasteiger partial charge in [0.15, 0.2) is 5.69 Å². The maximum atomic E-state index is 13.0. The van der Waals surface area contributed by atoms with Crippen LogP contribution in [-0.2, 0) is 9.47 Å². The topological polar surface area (TPSA) is 90.8 Å². The van der Waals surface area contributed by atoms with Crippen molar-refractivity contribution in [2.75, 3.05) is 55.1 Å². The van der Waals surface area contributed by atoms with Gasteiger partial charge in [-0.05, 0) is 86.1 Å². The summed E-state index contributed by atoms with van der Waals surface area (Å²) in [6.45, 7) is 9.74. The first-order chi connectivity index (χ1) is 20.4. The Morgan fingerprint density at radius 1 is 1.12 bits per heavy atom. The highest BCUT2D eigenvalue weighted by Gasteiger charge is 2.24. The molecule has 8 heteroatoms. The molecule has 2 aromatic carbocycles. The summed E-state index contributed by atoms with van der Waals surface area (Å²) in [5.41, 5.74) is 6.21. The summed E-state index contributed by atoms with van der Waals surface area (Å²) < 4.78 is 10.9. The van der Waals surface area contributed by atoms with E-state index < -0.39 is 5.97 Å². The van der Waals surface area contributed by atoms with E-state index in [4.69, 9.17) is 19.9 Å². The molecule has 0 unspecified atom stereocenters. The summed E-state index contributed by atoms with van der Waals surface area (Å²) in [6.07, 6.45) is 4.41. The lowest BCUT2D eigenvalue weighted by atomic mass is 9.91. The average molecular weight is 570 g/mol. The number of carbonyl (C=O) groups is 1. The number of nitrogens with zero attached hydrogens (tertiary/aromatic N) is 3. The van der Waals surface area contributed by atoms with Crippen molar-refractivity contribution < 1.29 is 14.3 Å². The number of anilines is 4. The van der Waals surface area contributed by atoms with Crippen molar-refractivity contribution in [3.8, 4) is 11.1 Å². The molecule has 2 aliphatic heterocycles. The van der Waals surface area contributed by atoms with Crippen LogP contribution in [-0.4, -0.2) is 62.7 Å². The summed E-state index contributed by atoms with van der Waals surface area (Å²) >= 11 is 0. The zero-order chi connectivity index (χ0) is 29.6. The Bertz CT molecular complexity index is 1390. The lowest BCUT2D eigenvalue weighted by Gasteiger charge is -2.33. The zero-order valence-corrected chi connectivity index (χ0v) is 25.3. The lowest BCUT2D eigenvalue weighted by Crippen LogP contribution is -2.36. The van der Waals surface area contributed by atoms with Gasteiger partial charge in [0.25, 0.3) is 0 Å². The minimum atomic E-state index is -0.480. The Kier molecular flexibility index (Phi) is 9.42. The van der Waals surface area contributed by atoms with Crippen LogP contribution in [0.25, 0.3) is 11.1 Å². The second kappa shape index (κ2) is 13.4. The van der Waals surface area contributed by atoms with Crippen LogP contribution in [0.2, 0.25) is 0 Å². The molecule has 5 rings (SSSR count). The SMILES string of the molecule is CCOC(=O)c1cc(-c2ccc(N(C)C3CCOCC3)cc2)c(C(=N)C(C)C)c(Nc2cccc(N3CCCC3)c2)n1. The van der Waals surface area contributed by atoms with Crippen molar-refractivity contribution in [3.05, 3.63) is 65.9 Å². The van der Waals surface area contributed by atoms with Crippen LogP contribution in [0.1, 0.15) is 62.5 Å². The maximum absolute atomic E-state index is 13.0. The smallest absolute Gasteiger partial charge is 0.357 e. The van der Waals surface area contributed by atoms with Gasteiger partial charge in [-0.15, -0.1) is 0 Å². The molecule has 222 valence electrons. The van der Waals surface area contributed by atoms with Gasteiger partial charge < -0.3 is 30.0 Å². The first-order valence-electron chi connectivity index (χ1n) is 15.2. The van der Waals surface area contributed by atoms with Crippen molar-refractivity contribution in [3.63, 3.8) is 0 Å². The monoisotopic (exact) mass is 569 g/mol. The fourth-order valence-corrected chi connectivity index (χ4v) is 5.79. The molecule has 3 aromatic rings. The Hall–Kier alpha value is -3.91. The number of benzene rings is 2. The molecule has 0 radical (unpaired) electrons. The molecular weight excluding hydrogens is 526 g/mol. The molecule has 0 spiro atoms. The average Bonchev–Trinajstić information content (AvgIpc) is 3.56. The number of hydrogen-bond donors (Lipinski definition) is 2. The van der Waals surface area contributed by atoms with E-state index in [1.807, 2.05) is 26.0 Å². The number of pyridine rings is 1. The molecule has 2 N–H and O–H groups in total. The van der Waals surface area contributed by atoms with E-state index in [2.05, 4.69) is 58.6 Å². The van der Waals surface area contributed by atoms with E-state index in [-0.39, 0.29) is 18.2 Å². The van der Waals surface area contributed by atoms with Gasteiger partial charge in [-0.1, -0.05) is 32.0 Å². The minimum absolute atomic E-state index is 0.0468. The molecule has 0 bridgehead atoms. The van der Waals surface area contributed by atoms with Crippen LogP contribution in [0, 0.1) is 11.3 Å². The predicted molar refractivity (Wildman–Crippen MR) is 171 cm³/mol. The summed E-state index contributed by atoms with van der Waals surface area (Å²) in [6, 6.07) is 18.9. The third-order valence-corrected chi connectivity index (χ3v) is 8.25. The van der Waals surface area contributed by atoms with Gasteiger partial charge in [-0.2, -0.15) is 0 Å². The van der Waals surface area contributed by atoms with E-state index >= 15 is 0 Å². The summed E-state index contributed by atoms with van der Waals surface area (Å²) in [7, 11) is 2.13. The summed E-state index contributed by atoms with van der Waals surface area (Å²) in [4.78, 5) is 22.5. The standard InChI is InChI=1S/C34H43N5O3/c1-5-42-34(40)30-22-29(24-11-13-26(14-12-24)38(4)27-15-19-41-20-16-27)31(32(35)23(2)3)33(37-30)36-25-9-8-10-28(21-25)39-17-6-7-18-39/h8-14,21-23,27,35H,5-7,15-20H2,1-4H3,(H,36,37). The predicted octanol–water partition coefficient (Wildman–Crippen LogP) is 6.91. The van der Waals surface area contributed by atoms with Gasteiger partial charge >= 0.3 is 5.97 Å². The van der Waals surface area contributed by atoms with Crippen molar-refractivity contribution >= 4 is 34.6 Å². The van der Waals surface area contributed by atoms with Crippen LogP contribution < -0.4 is 15.1 Å². The van der Waals surface area contributed by atoms with E-state index in [1.54, 1.807) is 13.0 Å². The highest BCUT2D eigenvalue weighted by atomic mass is 16.5. The van der Waals surface area contributed by atoms with Crippen LogP contribution in [0.5, 0.6) is 0 Å². The molecular formula is C34H43N5O3. The Labute approximate surface area is 249 Å². The van der Waals surface area contributed by atoms with Gasteiger partial charge in [-0.25, -0.2) is 9.78 Å². The van der Waals surface area contributed by atoms with Crippen molar-refractivity contribution in [1.82, 2.24) is 4.98 Å². The normalized spacial score (nSPS) is 15.6. The fourth-order valence-electron chi connectivity index (χ4n) is 5.79. The Morgan fingerprint density at radius 2 is 1.83 bits per heavy atom. The fraction of sp³-hybridized carbons (Fsp3) is 0.441. The quantitative estimate of drug-likeness (QED) is 0.203. The number of nitrogens with one attached hydrogen (secondary N) is 2. The molecule has 8 nitrogen and oxygen atoms in total. The van der Waals surface area contributed by atoms with Gasteiger partial charge in [0, 0.05) is 67.7 Å². The maximum Gasteiger partial charge on any atom is 0.357 e. The largest absolute Gasteiger partial charge is 0.461 e. The molecule has 2 fully saturated rings.